The molecule has 0 atom stereocenters. The van der Waals surface area contributed by atoms with Gasteiger partial charge in [0.15, 0.2) is 0 Å². The lowest BCUT2D eigenvalue weighted by molar-refractivity contribution is -0.128. The van der Waals surface area contributed by atoms with Gasteiger partial charge in [-0.1, -0.05) is 13.8 Å². The van der Waals surface area contributed by atoms with Crippen LogP contribution in [-0.2, 0) is 14.3 Å². The van der Waals surface area contributed by atoms with Crippen LogP contribution in [0.4, 0.5) is 0 Å². The predicted octanol–water partition coefficient (Wildman–Crippen LogP) is 2.76. The molecule has 1 N–H and O–H groups in total. The molecule has 1 amide bonds. The standard InChI is InChI=1S/C15H31NO3/c1-12(2)7-9-19-15(5,6)11-14(17)16-8-10-18-13(3)4/h12-13H,7-11H2,1-6H3,(H,16,17). The van der Waals surface area contributed by atoms with Crippen LogP contribution in [0.1, 0.15) is 54.4 Å². The van der Waals surface area contributed by atoms with Crippen molar-refractivity contribution in [2.45, 2.75) is 66.1 Å². The van der Waals surface area contributed by atoms with Crippen LogP contribution in [0.3, 0.4) is 0 Å². The third kappa shape index (κ3) is 12.2. The van der Waals surface area contributed by atoms with E-state index in [2.05, 4.69) is 19.2 Å². The second kappa shape index (κ2) is 9.32. The lowest BCUT2D eigenvalue weighted by Gasteiger charge is -2.25. The predicted molar refractivity (Wildman–Crippen MR) is 78.2 cm³/mol. The highest BCUT2D eigenvalue weighted by atomic mass is 16.5. The molecule has 114 valence electrons. The molecular weight excluding hydrogens is 242 g/mol. The molecule has 0 rings (SSSR count). The van der Waals surface area contributed by atoms with Gasteiger partial charge < -0.3 is 14.8 Å². The van der Waals surface area contributed by atoms with E-state index < -0.39 is 5.60 Å². The zero-order valence-corrected chi connectivity index (χ0v) is 13.4. The third-order valence-corrected chi connectivity index (χ3v) is 2.65. The molecular formula is C15H31NO3. The number of carbonyl (C=O) groups is 1. The van der Waals surface area contributed by atoms with Crippen molar-refractivity contribution >= 4 is 5.91 Å². The summed E-state index contributed by atoms with van der Waals surface area (Å²) in [6, 6.07) is 0. The van der Waals surface area contributed by atoms with Crippen molar-refractivity contribution in [2.24, 2.45) is 5.92 Å². The average molecular weight is 273 g/mol. The zero-order chi connectivity index (χ0) is 14.9. The van der Waals surface area contributed by atoms with Gasteiger partial charge in [-0.2, -0.15) is 0 Å². The van der Waals surface area contributed by atoms with Gasteiger partial charge in [0.1, 0.15) is 0 Å². The maximum atomic E-state index is 11.8. The maximum absolute atomic E-state index is 11.8. The molecule has 0 aromatic carbocycles. The summed E-state index contributed by atoms with van der Waals surface area (Å²) in [7, 11) is 0. The topological polar surface area (TPSA) is 47.6 Å². The van der Waals surface area contributed by atoms with Crippen LogP contribution in [0.15, 0.2) is 0 Å². The van der Waals surface area contributed by atoms with Crippen molar-refractivity contribution in [3.63, 3.8) is 0 Å². The van der Waals surface area contributed by atoms with E-state index in [0.29, 0.717) is 32.1 Å². The molecule has 0 radical (unpaired) electrons. The normalized spacial score (nSPS) is 12.2. The van der Waals surface area contributed by atoms with Gasteiger partial charge >= 0.3 is 0 Å². The molecule has 0 aromatic heterocycles. The van der Waals surface area contributed by atoms with Gasteiger partial charge in [-0.05, 0) is 40.0 Å². The Hall–Kier alpha value is -0.610. The number of amides is 1. The van der Waals surface area contributed by atoms with E-state index in [1.807, 2.05) is 27.7 Å². The minimum Gasteiger partial charge on any atom is -0.377 e. The molecule has 0 aliphatic carbocycles. The Labute approximate surface area is 118 Å². The first kappa shape index (κ1) is 18.4. The first-order valence-corrected chi connectivity index (χ1v) is 7.25. The first-order valence-electron chi connectivity index (χ1n) is 7.25. The smallest absolute Gasteiger partial charge is 0.222 e. The summed E-state index contributed by atoms with van der Waals surface area (Å²) in [5, 5.41) is 2.85. The van der Waals surface area contributed by atoms with Crippen LogP contribution in [0.2, 0.25) is 0 Å². The first-order chi connectivity index (χ1) is 8.73. The number of ether oxygens (including phenoxy) is 2. The fourth-order valence-corrected chi connectivity index (χ4v) is 1.56. The second-order valence-corrected chi connectivity index (χ2v) is 6.24. The highest BCUT2D eigenvalue weighted by Gasteiger charge is 2.22. The van der Waals surface area contributed by atoms with Crippen LogP contribution < -0.4 is 5.32 Å². The number of hydrogen-bond acceptors (Lipinski definition) is 3. The van der Waals surface area contributed by atoms with Gasteiger partial charge in [-0.25, -0.2) is 0 Å². The van der Waals surface area contributed by atoms with E-state index in [1.54, 1.807) is 0 Å². The van der Waals surface area contributed by atoms with Crippen molar-refractivity contribution in [1.29, 1.82) is 0 Å². The van der Waals surface area contributed by atoms with Crippen molar-refractivity contribution in [1.82, 2.24) is 5.32 Å². The SMILES string of the molecule is CC(C)CCOC(C)(C)CC(=O)NCCOC(C)C. The van der Waals surface area contributed by atoms with Gasteiger partial charge in [-0.15, -0.1) is 0 Å². The van der Waals surface area contributed by atoms with Crippen LogP contribution in [0, 0.1) is 5.92 Å². The highest BCUT2D eigenvalue weighted by molar-refractivity contribution is 5.76. The molecule has 0 fully saturated rings. The number of nitrogens with one attached hydrogen (secondary N) is 1. The Morgan fingerprint density at radius 2 is 1.79 bits per heavy atom. The minimum absolute atomic E-state index is 0.0157. The van der Waals surface area contributed by atoms with Crippen molar-refractivity contribution in [3.8, 4) is 0 Å². The van der Waals surface area contributed by atoms with Crippen molar-refractivity contribution in [3.05, 3.63) is 0 Å². The van der Waals surface area contributed by atoms with Crippen LogP contribution in [-0.4, -0.2) is 37.4 Å². The summed E-state index contributed by atoms with van der Waals surface area (Å²) < 4.78 is 11.1. The molecule has 0 aliphatic heterocycles. The van der Waals surface area contributed by atoms with Crippen molar-refractivity contribution < 1.29 is 14.3 Å². The maximum Gasteiger partial charge on any atom is 0.222 e. The summed E-state index contributed by atoms with van der Waals surface area (Å²) in [6.45, 7) is 14.0. The molecule has 0 saturated heterocycles. The van der Waals surface area contributed by atoms with E-state index in [-0.39, 0.29) is 12.0 Å². The van der Waals surface area contributed by atoms with Gasteiger partial charge in [0.25, 0.3) is 0 Å². The monoisotopic (exact) mass is 273 g/mol. The Morgan fingerprint density at radius 1 is 1.16 bits per heavy atom. The Balaban J connectivity index is 3.76. The lowest BCUT2D eigenvalue weighted by Crippen LogP contribution is -2.36. The molecule has 0 aromatic rings. The molecule has 0 spiro atoms. The average Bonchev–Trinajstić information content (AvgIpc) is 2.22. The lowest BCUT2D eigenvalue weighted by atomic mass is 10.0. The molecule has 0 saturated carbocycles. The molecule has 0 bridgehead atoms. The van der Waals surface area contributed by atoms with E-state index >= 15 is 0 Å². The summed E-state index contributed by atoms with van der Waals surface area (Å²) >= 11 is 0. The summed E-state index contributed by atoms with van der Waals surface area (Å²) in [6.07, 6.45) is 1.60. The Morgan fingerprint density at radius 3 is 2.32 bits per heavy atom. The molecule has 0 heterocycles. The summed E-state index contributed by atoms with van der Waals surface area (Å²) in [5.41, 5.74) is -0.405. The third-order valence-electron chi connectivity index (χ3n) is 2.65. The molecule has 0 unspecified atom stereocenters. The van der Waals surface area contributed by atoms with Crippen molar-refractivity contribution in [2.75, 3.05) is 19.8 Å². The van der Waals surface area contributed by atoms with Crippen LogP contribution >= 0.6 is 0 Å². The van der Waals surface area contributed by atoms with Crippen LogP contribution in [0.25, 0.3) is 0 Å². The van der Waals surface area contributed by atoms with Gasteiger partial charge in [0.2, 0.25) is 5.91 Å². The van der Waals surface area contributed by atoms with Gasteiger partial charge in [0, 0.05) is 13.2 Å². The van der Waals surface area contributed by atoms with E-state index in [0.717, 1.165) is 6.42 Å². The van der Waals surface area contributed by atoms with Crippen LogP contribution in [0.5, 0.6) is 0 Å². The van der Waals surface area contributed by atoms with Gasteiger partial charge in [0.05, 0.1) is 24.7 Å². The summed E-state index contributed by atoms with van der Waals surface area (Å²) in [4.78, 5) is 11.8. The van der Waals surface area contributed by atoms with E-state index in [9.17, 15) is 4.79 Å². The molecule has 4 heteroatoms. The van der Waals surface area contributed by atoms with E-state index in [4.69, 9.17) is 9.47 Å². The Kier molecular flexibility index (Phi) is 9.02. The minimum atomic E-state index is -0.405. The molecule has 4 nitrogen and oxygen atoms in total. The quantitative estimate of drug-likeness (QED) is 0.623. The number of hydrogen-bond donors (Lipinski definition) is 1. The zero-order valence-electron chi connectivity index (χ0n) is 13.4. The molecule has 0 aliphatic rings. The fourth-order valence-electron chi connectivity index (χ4n) is 1.56. The largest absolute Gasteiger partial charge is 0.377 e. The summed E-state index contributed by atoms with van der Waals surface area (Å²) in [5.74, 6) is 0.639. The number of carbonyl (C=O) groups excluding carboxylic acids is 1. The van der Waals surface area contributed by atoms with E-state index in [1.165, 1.54) is 0 Å². The second-order valence-electron chi connectivity index (χ2n) is 6.24. The number of rotatable bonds is 10. The van der Waals surface area contributed by atoms with Gasteiger partial charge in [-0.3, -0.25) is 4.79 Å². The molecule has 19 heavy (non-hydrogen) atoms. The fraction of sp³-hybridized carbons (Fsp3) is 0.933. The Bertz CT molecular complexity index is 250. The highest BCUT2D eigenvalue weighted by Crippen LogP contribution is 2.15.